The number of hydrogen-bond acceptors (Lipinski definition) is 4. The second-order valence-corrected chi connectivity index (χ2v) is 3.08. The van der Waals surface area contributed by atoms with Gasteiger partial charge in [0.2, 0.25) is 0 Å². The molecule has 0 atom stereocenters. The molecule has 1 amide bonds. The van der Waals surface area contributed by atoms with Gasteiger partial charge in [-0.15, -0.1) is 0 Å². The summed E-state index contributed by atoms with van der Waals surface area (Å²) in [6.07, 6.45) is 0.0782. The lowest BCUT2D eigenvalue weighted by Gasteiger charge is -2.03. The van der Waals surface area contributed by atoms with E-state index in [-0.39, 0.29) is 18.5 Å². The van der Waals surface area contributed by atoms with Crippen LogP contribution in [0.1, 0.15) is 16.8 Å². The van der Waals surface area contributed by atoms with Gasteiger partial charge in [0.1, 0.15) is 11.4 Å². The molecule has 17 heavy (non-hydrogen) atoms. The zero-order valence-corrected chi connectivity index (χ0v) is 8.64. The topological polar surface area (TPSA) is 96.0 Å². The van der Waals surface area contributed by atoms with E-state index in [0.29, 0.717) is 0 Å². The Kier molecular flexibility index (Phi) is 4.11. The molecule has 0 saturated heterocycles. The number of nitro groups is 1. The van der Waals surface area contributed by atoms with Crippen molar-refractivity contribution in [2.75, 3.05) is 6.54 Å². The zero-order chi connectivity index (χ0) is 12.8. The summed E-state index contributed by atoms with van der Waals surface area (Å²) < 4.78 is 12.9. The first-order valence-corrected chi connectivity index (χ1v) is 4.65. The van der Waals surface area contributed by atoms with E-state index in [2.05, 4.69) is 5.32 Å². The molecule has 6 nitrogen and oxygen atoms in total. The van der Waals surface area contributed by atoms with E-state index in [0.717, 1.165) is 18.2 Å². The van der Waals surface area contributed by atoms with E-state index in [9.17, 15) is 19.3 Å². The third-order valence-electron chi connectivity index (χ3n) is 1.92. The van der Waals surface area contributed by atoms with Crippen molar-refractivity contribution in [3.05, 3.63) is 39.7 Å². The Labute approximate surface area is 95.8 Å². The van der Waals surface area contributed by atoms with E-state index >= 15 is 0 Å². The van der Waals surface area contributed by atoms with Gasteiger partial charge in [0.25, 0.3) is 11.6 Å². The molecule has 1 aromatic rings. The highest BCUT2D eigenvalue weighted by molar-refractivity contribution is 5.98. The van der Waals surface area contributed by atoms with Gasteiger partial charge in [-0.05, 0) is 12.1 Å². The first kappa shape index (κ1) is 12.6. The Morgan fingerprint density at radius 1 is 1.59 bits per heavy atom. The predicted molar refractivity (Wildman–Crippen MR) is 55.6 cm³/mol. The fourth-order valence-corrected chi connectivity index (χ4v) is 1.18. The number of nitro benzene ring substituents is 1. The van der Waals surface area contributed by atoms with Crippen molar-refractivity contribution in [1.82, 2.24) is 5.32 Å². The number of nitrogens with zero attached hydrogens (tertiary/aromatic N) is 2. The first-order chi connectivity index (χ1) is 8.06. The summed E-state index contributed by atoms with van der Waals surface area (Å²) >= 11 is 0. The molecule has 0 spiro atoms. The molecule has 0 saturated carbocycles. The molecule has 0 heterocycles. The molecule has 1 N–H and O–H groups in total. The first-order valence-electron chi connectivity index (χ1n) is 4.65. The molecule has 0 bridgehead atoms. The second-order valence-electron chi connectivity index (χ2n) is 3.08. The minimum atomic E-state index is -0.772. The van der Waals surface area contributed by atoms with Crippen molar-refractivity contribution in [2.45, 2.75) is 6.42 Å². The van der Waals surface area contributed by atoms with Crippen LogP contribution in [0, 0.1) is 27.3 Å². The molecule has 7 heteroatoms. The zero-order valence-electron chi connectivity index (χ0n) is 8.64. The Bertz CT molecular complexity index is 496. The second kappa shape index (κ2) is 5.55. The van der Waals surface area contributed by atoms with E-state index in [4.69, 9.17) is 5.26 Å². The van der Waals surface area contributed by atoms with Crippen LogP contribution in [0.4, 0.5) is 10.1 Å². The molecule has 1 rings (SSSR count). The predicted octanol–water partition coefficient (Wildman–Crippen LogP) is 1.38. The minimum Gasteiger partial charge on any atom is -0.351 e. The third-order valence-corrected chi connectivity index (χ3v) is 1.92. The van der Waals surface area contributed by atoms with Gasteiger partial charge in [-0.1, -0.05) is 0 Å². The molecule has 0 aliphatic heterocycles. The van der Waals surface area contributed by atoms with Crippen molar-refractivity contribution in [2.24, 2.45) is 0 Å². The lowest BCUT2D eigenvalue weighted by molar-refractivity contribution is -0.385. The van der Waals surface area contributed by atoms with Gasteiger partial charge < -0.3 is 5.32 Å². The molecular formula is C10H8FN3O3. The quantitative estimate of drug-likeness (QED) is 0.486. The standard InChI is InChI=1S/C10H8FN3O3/c11-7-2-3-9(14(16)17)8(6-7)10(15)13-5-1-4-12/h2-3,6H,1,5H2,(H,13,15). The highest BCUT2D eigenvalue weighted by atomic mass is 19.1. The maximum atomic E-state index is 12.9. The van der Waals surface area contributed by atoms with Crippen LogP contribution >= 0.6 is 0 Å². The number of halogens is 1. The number of carbonyl (C=O) groups is 1. The van der Waals surface area contributed by atoms with Crippen LogP contribution in [0.3, 0.4) is 0 Å². The third kappa shape index (κ3) is 3.24. The number of rotatable bonds is 4. The molecule has 0 unspecified atom stereocenters. The molecule has 88 valence electrons. The number of amides is 1. The largest absolute Gasteiger partial charge is 0.351 e. The van der Waals surface area contributed by atoms with Crippen molar-refractivity contribution < 1.29 is 14.1 Å². The van der Waals surface area contributed by atoms with Gasteiger partial charge in [-0.2, -0.15) is 5.26 Å². The van der Waals surface area contributed by atoms with Crippen LogP contribution < -0.4 is 5.32 Å². The summed E-state index contributed by atoms with van der Waals surface area (Å²) in [5, 5.41) is 21.2. The molecule has 0 fully saturated rings. The highest BCUT2D eigenvalue weighted by Crippen LogP contribution is 2.19. The number of carbonyl (C=O) groups excluding carboxylic acids is 1. The maximum absolute atomic E-state index is 12.9. The van der Waals surface area contributed by atoms with Crippen molar-refractivity contribution in [1.29, 1.82) is 5.26 Å². The number of benzene rings is 1. The molecular weight excluding hydrogens is 229 g/mol. The lowest BCUT2D eigenvalue weighted by Crippen LogP contribution is -2.25. The summed E-state index contributed by atoms with van der Waals surface area (Å²) in [7, 11) is 0. The van der Waals surface area contributed by atoms with Gasteiger partial charge in [-0.3, -0.25) is 14.9 Å². The fraction of sp³-hybridized carbons (Fsp3) is 0.200. The number of nitrogens with one attached hydrogen (secondary N) is 1. The van der Waals surface area contributed by atoms with Crippen LogP contribution in [-0.4, -0.2) is 17.4 Å². The van der Waals surface area contributed by atoms with Crippen molar-refractivity contribution >= 4 is 11.6 Å². The van der Waals surface area contributed by atoms with Gasteiger partial charge in [-0.25, -0.2) is 4.39 Å². The average Bonchev–Trinajstić information content (AvgIpc) is 2.28. The normalized spacial score (nSPS) is 9.41. The minimum absolute atomic E-state index is 0.0585. The summed E-state index contributed by atoms with van der Waals surface area (Å²) in [4.78, 5) is 21.4. The Balaban J connectivity index is 2.95. The van der Waals surface area contributed by atoms with Gasteiger partial charge >= 0.3 is 0 Å². The SMILES string of the molecule is N#CCCNC(=O)c1cc(F)ccc1[N+](=O)[O-]. The summed E-state index contributed by atoms with van der Waals surface area (Å²) in [5.41, 5.74) is -0.825. The summed E-state index contributed by atoms with van der Waals surface area (Å²) in [5.74, 6) is -1.51. The number of nitriles is 1. The number of hydrogen-bond donors (Lipinski definition) is 1. The van der Waals surface area contributed by atoms with Crippen LogP contribution in [-0.2, 0) is 0 Å². The van der Waals surface area contributed by atoms with Crippen molar-refractivity contribution in [3.8, 4) is 6.07 Å². The van der Waals surface area contributed by atoms with Crippen LogP contribution in [0.15, 0.2) is 18.2 Å². The van der Waals surface area contributed by atoms with Crippen LogP contribution in [0.2, 0.25) is 0 Å². The molecule has 0 aliphatic carbocycles. The summed E-state index contributed by atoms with van der Waals surface area (Å²) in [6, 6.07) is 4.42. The molecule has 0 radical (unpaired) electrons. The average molecular weight is 237 g/mol. The van der Waals surface area contributed by atoms with Crippen LogP contribution in [0.5, 0.6) is 0 Å². The van der Waals surface area contributed by atoms with E-state index in [1.807, 2.05) is 0 Å². The van der Waals surface area contributed by atoms with E-state index in [1.54, 1.807) is 6.07 Å². The van der Waals surface area contributed by atoms with Gasteiger partial charge in [0, 0.05) is 12.6 Å². The highest BCUT2D eigenvalue weighted by Gasteiger charge is 2.20. The Hall–Kier alpha value is -2.49. The summed E-state index contributed by atoms with van der Waals surface area (Å²) in [6.45, 7) is 0.0585. The van der Waals surface area contributed by atoms with Crippen LogP contribution in [0.25, 0.3) is 0 Å². The van der Waals surface area contributed by atoms with E-state index < -0.39 is 22.3 Å². The molecule has 1 aromatic carbocycles. The van der Waals surface area contributed by atoms with Gasteiger partial charge in [0.05, 0.1) is 17.4 Å². The molecule has 0 aromatic heterocycles. The smallest absolute Gasteiger partial charge is 0.282 e. The Morgan fingerprint density at radius 2 is 2.29 bits per heavy atom. The molecule has 0 aliphatic rings. The lowest BCUT2D eigenvalue weighted by atomic mass is 10.1. The van der Waals surface area contributed by atoms with E-state index in [1.165, 1.54) is 0 Å². The fourth-order valence-electron chi connectivity index (χ4n) is 1.18. The van der Waals surface area contributed by atoms with Gasteiger partial charge in [0.15, 0.2) is 0 Å². The maximum Gasteiger partial charge on any atom is 0.282 e. The monoisotopic (exact) mass is 237 g/mol. The Morgan fingerprint density at radius 3 is 2.88 bits per heavy atom. The van der Waals surface area contributed by atoms with Crippen molar-refractivity contribution in [3.63, 3.8) is 0 Å².